The molecule has 0 heterocycles. The van der Waals surface area contributed by atoms with Gasteiger partial charge in [-0.25, -0.2) is 0 Å². The maximum absolute atomic E-state index is 13.7. The molecule has 1 aromatic rings. The van der Waals surface area contributed by atoms with Crippen molar-refractivity contribution >= 4 is 29.2 Å². The van der Waals surface area contributed by atoms with Gasteiger partial charge in [0.2, 0.25) is 5.91 Å². The van der Waals surface area contributed by atoms with Crippen LogP contribution in [0, 0.1) is 23.7 Å². The molecule has 188 valence electrons. The van der Waals surface area contributed by atoms with Gasteiger partial charge in [0.15, 0.2) is 23.0 Å². The Kier molecular flexibility index (Phi) is 5.86. The highest BCUT2D eigenvalue weighted by Crippen LogP contribution is 2.51. The zero-order valence-electron chi connectivity index (χ0n) is 19.9. The number of carbonyl (C=O) groups excluding carboxylic acids is 5. The number of hydrogen-bond donors (Lipinski definition) is 4. The summed E-state index contributed by atoms with van der Waals surface area (Å²) in [6.07, 6.45) is -1.51. The summed E-state index contributed by atoms with van der Waals surface area (Å²) in [6.45, 7) is 0. The largest absolute Gasteiger partial charge is 0.507 e. The quantitative estimate of drug-likeness (QED) is 0.364. The number of primary amides is 1. The van der Waals surface area contributed by atoms with Crippen molar-refractivity contribution in [2.24, 2.45) is 29.4 Å². The van der Waals surface area contributed by atoms with E-state index < -0.39 is 70.4 Å². The number of phenols is 1. The third-order valence-corrected chi connectivity index (χ3v) is 7.81. The Hall–Kier alpha value is -3.15. The summed E-state index contributed by atoms with van der Waals surface area (Å²) in [4.78, 5) is 68.2. The van der Waals surface area contributed by atoms with Crippen molar-refractivity contribution in [3.05, 3.63) is 28.8 Å². The molecule has 11 heteroatoms. The lowest BCUT2D eigenvalue weighted by atomic mass is 9.52. The summed E-state index contributed by atoms with van der Waals surface area (Å²) in [5.41, 5.74) is 2.96. The van der Waals surface area contributed by atoms with Crippen LogP contribution in [0.1, 0.15) is 32.7 Å². The van der Waals surface area contributed by atoms with Gasteiger partial charge >= 0.3 is 0 Å². The molecular formula is C24H29N3O8. The van der Waals surface area contributed by atoms with Crippen molar-refractivity contribution in [3.8, 4) is 5.75 Å². The molecule has 4 rings (SSSR count). The molecule has 11 nitrogen and oxygen atoms in total. The van der Waals surface area contributed by atoms with E-state index in [1.54, 1.807) is 28.2 Å². The number of nitrogens with zero attached hydrogens (tertiary/aromatic N) is 2. The molecule has 2 fully saturated rings. The van der Waals surface area contributed by atoms with Crippen molar-refractivity contribution in [2.75, 3.05) is 28.2 Å². The van der Waals surface area contributed by atoms with Crippen LogP contribution in [0.5, 0.6) is 5.75 Å². The number of aliphatic hydroxyl groups excluding tert-OH is 1. The lowest BCUT2D eigenvalue weighted by Gasteiger charge is -2.54. The number of ketones is 3. The van der Waals surface area contributed by atoms with Gasteiger partial charge < -0.3 is 30.9 Å². The van der Waals surface area contributed by atoms with Gasteiger partial charge in [-0.05, 0) is 50.6 Å². The third kappa shape index (κ3) is 3.33. The smallest absolute Gasteiger partial charge is 0.253 e. The van der Waals surface area contributed by atoms with Crippen LogP contribution in [-0.4, -0.2) is 100 Å². The average Bonchev–Trinajstić information content (AvgIpc) is 2.75. The van der Waals surface area contributed by atoms with Gasteiger partial charge in [-0.3, -0.25) is 24.0 Å². The van der Waals surface area contributed by atoms with E-state index in [4.69, 9.17) is 5.73 Å². The molecule has 0 radical (unpaired) electrons. The zero-order valence-corrected chi connectivity index (χ0v) is 19.9. The minimum absolute atomic E-state index is 0.0134. The lowest BCUT2D eigenvalue weighted by molar-refractivity contribution is -0.190. The highest BCUT2D eigenvalue weighted by Gasteiger charge is 2.69. The van der Waals surface area contributed by atoms with Crippen LogP contribution in [0.3, 0.4) is 0 Å². The van der Waals surface area contributed by atoms with Gasteiger partial charge in [-0.15, -0.1) is 0 Å². The molecule has 0 bridgehead atoms. The summed E-state index contributed by atoms with van der Waals surface area (Å²) in [6, 6.07) is 1.63. The monoisotopic (exact) mass is 487 g/mol. The first-order valence-electron chi connectivity index (χ1n) is 11.3. The number of aromatic hydroxyl groups is 1. The molecule has 3 aliphatic rings. The van der Waals surface area contributed by atoms with Crippen LogP contribution in [0.25, 0.3) is 0 Å². The number of benzene rings is 1. The number of aliphatic hydroxyl groups is 2. The average molecular weight is 488 g/mol. The topological polar surface area (TPSA) is 179 Å². The maximum atomic E-state index is 13.7. The van der Waals surface area contributed by atoms with Crippen molar-refractivity contribution in [2.45, 2.75) is 30.6 Å². The first-order valence-corrected chi connectivity index (χ1v) is 11.3. The van der Waals surface area contributed by atoms with Gasteiger partial charge in [-0.2, -0.15) is 0 Å². The molecule has 35 heavy (non-hydrogen) atoms. The number of Topliss-reactive ketones (excluding diaryl/α,β-unsaturated/α-hetero) is 3. The van der Waals surface area contributed by atoms with Gasteiger partial charge in [0.05, 0.1) is 17.6 Å². The van der Waals surface area contributed by atoms with Crippen molar-refractivity contribution in [3.63, 3.8) is 0 Å². The van der Waals surface area contributed by atoms with Crippen molar-refractivity contribution in [1.29, 1.82) is 0 Å². The molecule has 0 saturated heterocycles. The van der Waals surface area contributed by atoms with E-state index in [9.17, 15) is 39.3 Å². The van der Waals surface area contributed by atoms with Crippen molar-refractivity contribution in [1.82, 2.24) is 9.80 Å². The predicted octanol–water partition coefficient (Wildman–Crippen LogP) is -1.64. The normalized spacial score (nSPS) is 34.2. The Morgan fingerprint density at radius 2 is 1.71 bits per heavy atom. The fourth-order valence-electron chi connectivity index (χ4n) is 6.26. The standard InChI is InChI=1S/C24H29N3O8/c1-26(2)17-12-8-9-7-11-10(23(34)27(3)4)5-6-13(28)15(11)18(29)14(9)20(31)24(12,35)21(32)16(19(17)30)22(25)33/h5-6,9,12,14,16-17,19,28,30,35H,7-8H2,1-4H3,(H2,25,33)/t9-,12-,14?,16?,17?,19?,24-/m1/s1. The van der Waals surface area contributed by atoms with E-state index >= 15 is 0 Å². The Morgan fingerprint density at radius 3 is 2.26 bits per heavy atom. The second kappa shape index (κ2) is 8.21. The second-order valence-corrected chi connectivity index (χ2v) is 10.2. The number of amides is 2. The molecule has 0 aromatic heterocycles. The molecule has 2 saturated carbocycles. The fourth-order valence-corrected chi connectivity index (χ4v) is 6.26. The minimum atomic E-state index is -2.71. The first-order chi connectivity index (χ1) is 16.2. The number of likely N-dealkylation sites (N-methyl/N-ethyl adjacent to an activating group) is 1. The number of nitrogens with two attached hydrogens (primary N) is 1. The van der Waals surface area contributed by atoms with Crippen LogP contribution in [-0.2, 0) is 20.8 Å². The van der Waals surface area contributed by atoms with Crippen LogP contribution in [0.15, 0.2) is 12.1 Å². The number of fused-ring (bicyclic) bond motifs is 3. The Balaban J connectivity index is 1.88. The lowest BCUT2D eigenvalue weighted by Crippen LogP contribution is -2.75. The Bertz CT molecular complexity index is 1160. The van der Waals surface area contributed by atoms with Crippen LogP contribution in [0.2, 0.25) is 0 Å². The van der Waals surface area contributed by atoms with E-state index in [1.807, 2.05) is 0 Å². The maximum Gasteiger partial charge on any atom is 0.253 e. The molecule has 2 amide bonds. The molecule has 3 aliphatic carbocycles. The van der Waals surface area contributed by atoms with Gasteiger partial charge in [0.25, 0.3) is 5.91 Å². The van der Waals surface area contributed by atoms with Crippen LogP contribution >= 0.6 is 0 Å². The van der Waals surface area contributed by atoms with Gasteiger partial charge in [-0.1, -0.05) is 0 Å². The summed E-state index contributed by atoms with van der Waals surface area (Å²) in [5.74, 6) is -10.2. The Morgan fingerprint density at radius 1 is 1.09 bits per heavy atom. The van der Waals surface area contributed by atoms with Gasteiger partial charge in [0.1, 0.15) is 11.7 Å². The summed E-state index contributed by atoms with van der Waals surface area (Å²) in [5, 5.41) is 32.9. The zero-order chi connectivity index (χ0) is 26.1. The van der Waals surface area contributed by atoms with Crippen LogP contribution in [0.4, 0.5) is 0 Å². The predicted molar refractivity (Wildman–Crippen MR) is 120 cm³/mol. The highest BCUT2D eigenvalue weighted by molar-refractivity contribution is 6.25. The first kappa shape index (κ1) is 25.0. The number of rotatable bonds is 3. The molecule has 0 aliphatic heterocycles. The molecule has 7 atom stereocenters. The number of phenolic OH excluding ortho intramolecular Hbond substituents is 1. The summed E-state index contributed by atoms with van der Waals surface area (Å²) in [7, 11) is 6.24. The van der Waals surface area contributed by atoms with E-state index in [2.05, 4.69) is 0 Å². The summed E-state index contributed by atoms with van der Waals surface area (Å²) >= 11 is 0. The molecule has 5 N–H and O–H groups in total. The number of carbonyl (C=O) groups is 5. The molecule has 0 spiro atoms. The fraction of sp³-hybridized carbons (Fsp3) is 0.542. The van der Waals surface area contributed by atoms with Gasteiger partial charge in [0, 0.05) is 31.6 Å². The molecular weight excluding hydrogens is 458 g/mol. The van der Waals surface area contributed by atoms with E-state index in [0.717, 1.165) is 0 Å². The van der Waals surface area contributed by atoms with E-state index in [-0.39, 0.29) is 29.9 Å². The third-order valence-electron chi connectivity index (χ3n) is 7.81. The van der Waals surface area contributed by atoms with E-state index in [1.165, 1.54) is 21.9 Å². The molecule has 1 aromatic carbocycles. The van der Waals surface area contributed by atoms with Crippen LogP contribution < -0.4 is 5.73 Å². The molecule has 4 unspecified atom stereocenters. The SMILES string of the molecule is CN(C)C(=O)c1ccc(O)c2c1C[C@@H]1C[C@@H]3C(N(C)C)C(O)C(C(N)=O)C(=O)[C@]3(O)C(=O)C1C2=O. The Labute approximate surface area is 201 Å². The highest BCUT2D eigenvalue weighted by atomic mass is 16.3. The minimum Gasteiger partial charge on any atom is -0.507 e. The second-order valence-electron chi connectivity index (χ2n) is 10.2. The van der Waals surface area contributed by atoms with E-state index in [0.29, 0.717) is 5.56 Å². The summed E-state index contributed by atoms with van der Waals surface area (Å²) < 4.78 is 0. The number of hydrogen-bond acceptors (Lipinski definition) is 9. The van der Waals surface area contributed by atoms with Crippen molar-refractivity contribution < 1.29 is 39.3 Å².